The lowest BCUT2D eigenvalue weighted by Crippen LogP contribution is -2.25. The van der Waals surface area contributed by atoms with E-state index in [0.29, 0.717) is 0 Å². The van der Waals surface area contributed by atoms with Crippen LogP contribution in [0.2, 0.25) is 0 Å². The standard InChI is InChI=1S/C21H30/c1-2-6-17-9-11-19(12-10-17)21-15-13-20(14-16-21)18-7-4-3-5-8-18/h2-5,7-8,17,19-21H,1,6,9-16H2/t17-,19-,20-,21-. The molecule has 3 rings (SSSR count). The highest BCUT2D eigenvalue weighted by Crippen LogP contribution is 2.44. The summed E-state index contributed by atoms with van der Waals surface area (Å²) in [6.07, 6.45) is 15.0. The van der Waals surface area contributed by atoms with Crippen molar-refractivity contribution in [2.45, 2.75) is 63.7 Å². The van der Waals surface area contributed by atoms with Crippen LogP contribution in [0.25, 0.3) is 0 Å². The smallest absolute Gasteiger partial charge is 0.0162 e. The minimum atomic E-state index is 0.833. The Kier molecular flexibility index (Phi) is 5.17. The molecule has 0 N–H and O–H groups in total. The molecule has 1 aromatic carbocycles. The lowest BCUT2D eigenvalue weighted by atomic mass is 9.68. The van der Waals surface area contributed by atoms with Gasteiger partial charge in [0, 0.05) is 0 Å². The van der Waals surface area contributed by atoms with Crippen molar-refractivity contribution >= 4 is 0 Å². The van der Waals surface area contributed by atoms with Crippen molar-refractivity contribution in [1.29, 1.82) is 0 Å². The lowest BCUT2D eigenvalue weighted by molar-refractivity contribution is 0.161. The highest BCUT2D eigenvalue weighted by atomic mass is 14.4. The summed E-state index contributed by atoms with van der Waals surface area (Å²) in [5, 5.41) is 0. The number of hydrogen-bond donors (Lipinski definition) is 0. The fourth-order valence-corrected chi connectivity index (χ4v) is 4.78. The topological polar surface area (TPSA) is 0 Å². The van der Waals surface area contributed by atoms with Crippen LogP contribution < -0.4 is 0 Å². The predicted molar refractivity (Wildman–Crippen MR) is 91.4 cm³/mol. The number of allylic oxidation sites excluding steroid dienone is 1. The molecule has 0 nitrogen and oxygen atoms in total. The summed E-state index contributed by atoms with van der Waals surface area (Å²) in [7, 11) is 0. The molecule has 1 aromatic rings. The zero-order valence-electron chi connectivity index (χ0n) is 13.3. The molecule has 0 bridgehead atoms. The molecule has 0 radical (unpaired) electrons. The summed E-state index contributed by atoms with van der Waals surface area (Å²) in [5.41, 5.74) is 1.57. The summed E-state index contributed by atoms with van der Waals surface area (Å²) in [4.78, 5) is 0. The van der Waals surface area contributed by atoms with E-state index < -0.39 is 0 Å². The van der Waals surface area contributed by atoms with Gasteiger partial charge in [-0.25, -0.2) is 0 Å². The molecule has 0 amide bonds. The Hall–Kier alpha value is -1.04. The third kappa shape index (κ3) is 3.78. The Balaban J connectivity index is 1.47. The van der Waals surface area contributed by atoms with Crippen LogP contribution in [0.5, 0.6) is 0 Å². The van der Waals surface area contributed by atoms with E-state index in [0.717, 1.165) is 23.7 Å². The van der Waals surface area contributed by atoms with Gasteiger partial charge >= 0.3 is 0 Å². The van der Waals surface area contributed by atoms with Gasteiger partial charge in [0.25, 0.3) is 0 Å². The molecule has 2 aliphatic rings. The first-order valence-corrected chi connectivity index (χ1v) is 9.02. The Morgan fingerprint density at radius 1 is 0.810 bits per heavy atom. The summed E-state index contributed by atoms with van der Waals surface area (Å²) < 4.78 is 0. The molecule has 2 fully saturated rings. The molecule has 0 spiro atoms. The highest BCUT2D eigenvalue weighted by Gasteiger charge is 2.30. The lowest BCUT2D eigenvalue weighted by Gasteiger charge is -2.38. The maximum atomic E-state index is 3.90. The van der Waals surface area contributed by atoms with Gasteiger partial charge in [0.15, 0.2) is 0 Å². The van der Waals surface area contributed by atoms with E-state index in [1.807, 2.05) is 0 Å². The molecule has 0 heterocycles. The van der Waals surface area contributed by atoms with Gasteiger partial charge in [-0.3, -0.25) is 0 Å². The predicted octanol–water partition coefficient (Wildman–Crippen LogP) is 6.34. The summed E-state index contributed by atoms with van der Waals surface area (Å²) >= 11 is 0. The molecule has 2 aliphatic carbocycles. The highest BCUT2D eigenvalue weighted by molar-refractivity contribution is 5.19. The second kappa shape index (κ2) is 7.29. The summed E-state index contributed by atoms with van der Waals surface area (Å²) in [6, 6.07) is 11.2. The molecule has 0 atom stereocenters. The van der Waals surface area contributed by atoms with Crippen LogP contribution in [0.1, 0.15) is 69.3 Å². The molecular weight excluding hydrogens is 252 g/mol. The molecule has 114 valence electrons. The average molecular weight is 282 g/mol. The quantitative estimate of drug-likeness (QED) is 0.565. The third-order valence-electron chi connectivity index (χ3n) is 6.10. The third-order valence-corrected chi connectivity index (χ3v) is 6.10. The summed E-state index contributed by atoms with van der Waals surface area (Å²) in [6.45, 7) is 3.90. The van der Waals surface area contributed by atoms with Crippen molar-refractivity contribution in [2.75, 3.05) is 0 Å². The second-order valence-electron chi connectivity index (χ2n) is 7.33. The van der Waals surface area contributed by atoms with Crippen molar-refractivity contribution in [1.82, 2.24) is 0 Å². The zero-order valence-corrected chi connectivity index (χ0v) is 13.3. The largest absolute Gasteiger partial charge is 0.103 e. The molecule has 0 saturated heterocycles. The van der Waals surface area contributed by atoms with Crippen LogP contribution in [0.15, 0.2) is 43.0 Å². The Labute approximate surface area is 130 Å². The molecule has 0 aromatic heterocycles. The number of rotatable bonds is 4. The Bertz CT molecular complexity index is 417. The first kappa shape index (κ1) is 14.9. The minimum Gasteiger partial charge on any atom is -0.103 e. The fourth-order valence-electron chi connectivity index (χ4n) is 4.78. The van der Waals surface area contributed by atoms with Crippen molar-refractivity contribution in [2.24, 2.45) is 17.8 Å². The maximum absolute atomic E-state index is 3.90. The Morgan fingerprint density at radius 3 is 1.95 bits per heavy atom. The average Bonchev–Trinajstić information content (AvgIpc) is 2.57. The van der Waals surface area contributed by atoms with Gasteiger partial charge in [0.05, 0.1) is 0 Å². The van der Waals surface area contributed by atoms with Crippen LogP contribution in [0, 0.1) is 17.8 Å². The zero-order chi connectivity index (χ0) is 14.5. The molecular formula is C21H30. The monoisotopic (exact) mass is 282 g/mol. The van der Waals surface area contributed by atoms with E-state index in [9.17, 15) is 0 Å². The van der Waals surface area contributed by atoms with Crippen molar-refractivity contribution < 1.29 is 0 Å². The number of hydrogen-bond acceptors (Lipinski definition) is 0. The second-order valence-corrected chi connectivity index (χ2v) is 7.33. The van der Waals surface area contributed by atoms with Crippen LogP contribution in [-0.4, -0.2) is 0 Å². The van der Waals surface area contributed by atoms with Gasteiger partial charge in [-0.05, 0) is 87.0 Å². The fraction of sp³-hybridized carbons (Fsp3) is 0.619. The first-order valence-electron chi connectivity index (χ1n) is 9.02. The van der Waals surface area contributed by atoms with E-state index >= 15 is 0 Å². The van der Waals surface area contributed by atoms with E-state index in [1.165, 1.54) is 57.8 Å². The van der Waals surface area contributed by atoms with E-state index in [4.69, 9.17) is 0 Å². The molecule has 0 aliphatic heterocycles. The van der Waals surface area contributed by atoms with Gasteiger partial charge in [0.2, 0.25) is 0 Å². The number of benzene rings is 1. The van der Waals surface area contributed by atoms with Gasteiger partial charge in [-0.1, -0.05) is 36.4 Å². The van der Waals surface area contributed by atoms with E-state index in [-0.39, 0.29) is 0 Å². The van der Waals surface area contributed by atoms with Gasteiger partial charge in [0.1, 0.15) is 0 Å². The van der Waals surface area contributed by atoms with Crippen LogP contribution in [-0.2, 0) is 0 Å². The van der Waals surface area contributed by atoms with Crippen LogP contribution in [0.4, 0.5) is 0 Å². The molecule has 21 heavy (non-hydrogen) atoms. The minimum absolute atomic E-state index is 0.833. The van der Waals surface area contributed by atoms with E-state index in [1.54, 1.807) is 5.56 Å². The van der Waals surface area contributed by atoms with Gasteiger partial charge < -0.3 is 0 Å². The van der Waals surface area contributed by atoms with Crippen LogP contribution >= 0.6 is 0 Å². The van der Waals surface area contributed by atoms with Crippen molar-refractivity contribution in [3.63, 3.8) is 0 Å². The SMILES string of the molecule is C=CC[C@H]1CC[C@H]([C@H]2CC[C@H](c3ccccc3)CC2)CC1. The van der Waals surface area contributed by atoms with Gasteiger partial charge in [-0.2, -0.15) is 0 Å². The molecule has 0 heteroatoms. The maximum Gasteiger partial charge on any atom is -0.0162 e. The van der Waals surface area contributed by atoms with Gasteiger partial charge in [-0.15, -0.1) is 6.58 Å². The summed E-state index contributed by atoms with van der Waals surface area (Å²) in [5.74, 6) is 3.83. The van der Waals surface area contributed by atoms with Crippen molar-refractivity contribution in [3.05, 3.63) is 48.6 Å². The van der Waals surface area contributed by atoms with Crippen molar-refractivity contribution in [3.8, 4) is 0 Å². The Morgan fingerprint density at radius 2 is 1.38 bits per heavy atom. The molecule has 0 unspecified atom stereocenters. The molecule has 2 saturated carbocycles. The normalized spacial score (nSPS) is 33.5. The first-order chi connectivity index (χ1) is 10.4. The van der Waals surface area contributed by atoms with E-state index in [2.05, 4.69) is 43.0 Å². The van der Waals surface area contributed by atoms with Crippen LogP contribution in [0.3, 0.4) is 0 Å².